The summed E-state index contributed by atoms with van der Waals surface area (Å²) in [7, 11) is 0. The third-order valence-corrected chi connectivity index (χ3v) is 3.61. The molecule has 0 radical (unpaired) electrons. The van der Waals surface area contributed by atoms with Crippen molar-refractivity contribution in [3.8, 4) is 11.3 Å². The number of benzene rings is 1. The van der Waals surface area contributed by atoms with Crippen LogP contribution in [0.5, 0.6) is 0 Å². The van der Waals surface area contributed by atoms with E-state index in [4.69, 9.17) is 5.73 Å². The van der Waals surface area contributed by atoms with E-state index in [1.165, 1.54) is 0 Å². The average Bonchev–Trinajstić information content (AvgIpc) is 2.93. The van der Waals surface area contributed by atoms with Crippen molar-refractivity contribution in [2.75, 3.05) is 5.32 Å². The van der Waals surface area contributed by atoms with E-state index in [0.29, 0.717) is 6.42 Å². The van der Waals surface area contributed by atoms with E-state index < -0.39 is 0 Å². The molecule has 1 atom stereocenters. The van der Waals surface area contributed by atoms with Crippen LogP contribution in [-0.4, -0.2) is 15.9 Å². The van der Waals surface area contributed by atoms with E-state index in [9.17, 15) is 4.79 Å². The largest absolute Gasteiger partial charge is 0.341 e. The minimum atomic E-state index is -0.0987. The zero-order chi connectivity index (χ0) is 13.9. The number of aromatic amines is 1. The van der Waals surface area contributed by atoms with Crippen LogP contribution in [0.25, 0.3) is 11.3 Å². The van der Waals surface area contributed by atoms with Crippen LogP contribution in [0.1, 0.15) is 37.5 Å². The summed E-state index contributed by atoms with van der Waals surface area (Å²) in [6, 6.07) is 7.62. The molecule has 0 aliphatic carbocycles. The highest BCUT2D eigenvalue weighted by Gasteiger charge is 2.15. The van der Waals surface area contributed by atoms with Gasteiger partial charge in [-0.25, -0.2) is 4.98 Å². The van der Waals surface area contributed by atoms with Gasteiger partial charge in [-0.1, -0.05) is 24.6 Å². The number of amides is 1. The zero-order valence-corrected chi connectivity index (χ0v) is 11.2. The number of rotatable bonds is 0. The first-order chi connectivity index (χ1) is 9.74. The molecule has 1 aliphatic heterocycles. The van der Waals surface area contributed by atoms with Crippen molar-refractivity contribution in [1.29, 1.82) is 0 Å². The van der Waals surface area contributed by atoms with Crippen molar-refractivity contribution >= 4 is 11.6 Å². The van der Waals surface area contributed by atoms with E-state index in [0.717, 1.165) is 42.0 Å². The first kappa shape index (κ1) is 12.9. The molecular formula is C15H18N4O. The molecule has 20 heavy (non-hydrogen) atoms. The maximum atomic E-state index is 11.9. The lowest BCUT2D eigenvalue weighted by molar-refractivity contribution is -0.116. The number of fused-ring (bicyclic) bond motifs is 4. The SMILES string of the molecule is N[C@H]1CCCCC(=O)Nc2ccccc2-c2cnc1[nH]2. The van der Waals surface area contributed by atoms with Gasteiger partial charge < -0.3 is 16.0 Å². The molecule has 5 nitrogen and oxygen atoms in total. The summed E-state index contributed by atoms with van der Waals surface area (Å²) < 4.78 is 0. The Morgan fingerprint density at radius 2 is 2.10 bits per heavy atom. The number of aromatic nitrogens is 2. The summed E-state index contributed by atoms with van der Waals surface area (Å²) in [5.74, 6) is 0.855. The molecule has 0 spiro atoms. The third kappa shape index (κ3) is 2.58. The molecule has 2 aromatic rings. The summed E-state index contributed by atoms with van der Waals surface area (Å²) in [5, 5.41) is 2.97. The molecule has 0 saturated heterocycles. The minimum absolute atomic E-state index is 0.0475. The van der Waals surface area contributed by atoms with Crippen molar-refractivity contribution in [3.05, 3.63) is 36.3 Å². The molecule has 3 rings (SSSR count). The van der Waals surface area contributed by atoms with Gasteiger partial charge in [0, 0.05) is 12.0 Å². The predicted molar refractivity (Wildman–Crippen MR) is 78.0 cm³/mol. The fourth-order valence-corrected chi connectivity index (χ4v) is 2.49. The minimum Gasteiger partial charge on any atom is -0.341 e. The quantitative estimate of drug-likeness (QED) is 0.688. The Morgan fingerprint density at radius 3 is 3.00 bits per heavy atom. The number of carbonyl (C=O) groups is 1. The fourth-order valence-electron chi connectivity index (χ4n) is 2.49. The summed E-state index contributed by atoms with van der Waals surface area (Å²) in [6.45, 7) is 0. The van der Waals surface area contributed by atoms with E-state index in [2.05, 4.69) is 15.3 Å². The average molecular weight is 270 g/mol. The van der Waals surface area contributed by atoms with Gasteiger partial charge in [0.2, 0.25) is 5.91 Å². The fraction of sp³-hybridized carbons (Fsp3) is 0.333. The molecule has 0 fully saturated rings. The second kappa shape index (κ2) is 5.46. The van der Waals surface area contributed by atoms with E-state index in [1.807, 2.05) is 24.3 Å². The number of nitrogens with one attached hydrogen (secondary N) is 2. The summed E-state index contributed by atoms with van der Waals surface area (Å²) in [4.78, 5) is 19.6. The van der Waals surface area contributed by atoms with Gasteiger partial charge in [-0.05, 0) is 18.9 Å². The number of hydrogen-bond donors (Lipinski definition) is 3. The van der Waals surface area contributed by atoms with Crippen molar-refractivity contribution in [2.45, 2.75) is 31.7 Å². The van der Waals surface area contributed by atoms with Crippen molar-refractivity contribution in [2.24, 2.45) is 5.73 Å². The highest BCUT2D eigenvalue weighted by molar-refractivity contribution is 5.95. The van der Waals surface area contributed by atoms with Gasteiger partial charge in [0.05, 0.1) is 23.6 Å². The number of para-hydroxylation sites is 1. The Bertz CT molecular complexity index is 620. The Hall–Kier alpha value is -2.14. The summed E-state index contributed by atoms with van der Waals surface area (Å²) in [5.41, 5.74) is 8.75. The number of nitrogens with two attached hydrogens (primary N) is 1. The van der Waals surface area contributed by atoms with Crippen LogP contribution in [0, 0.1) is 0 Å². The van der Waals surface area contributed by atoms with Crippen molar-refractivity contribution in [1.82, 2.24) is 9.97 Å². The third-order valence-electron chi connectivity index (χ3n) is 3.61. The van der Waals surface area contributed by atoms with Gasteiger partial charge in [-0.2, -0.15) is 0 Å². The topological polar surface area (TPSA) is 83.8 Å². The van der Waals surface area contributed by atoms with Crippen LogP contribution in [0.4, 0.5) is 5.69 Å². The maximum Gasteiger partial charge on any atom is 0.224 e. The Balaban J connectivity index is 2.04. The molecule has 1 aromatic heterocycles. The maximum absolute atomic E-state index is 11.9. The smallest absolute Gasteiger partial charge is 0.224 e. The van der Waals surface area contributed by atoms with Gasteiger partial charge in [0.15, 0.2) is 0 Å². The Labute approximate surface area is 117 Å². The van der Waals surface area contributed by atoms with E-state index in [-0.39, 0.29) is 11.9 Å². The van der Waals surface area contributed by atoms with Gasteiger partial charge in [0.1, 0.15) is 5.82 Å². The number of hydrogen-bond acceptors (Lipinski definition) is 3. The van der Waals surface area contributed by atoms with Crippen LogP contribution in [0.2, 0.25) is 0 Å². The number of imidazole rings is 1. The normalized spacial score (nSPS) is 19.4. The standard InChI is InChI=1S/C15H18N4O/c16-11-6-2-4-8-14(20)18-12-7-3-1-5-10(12)13-9-17-15(11)19-13/h1,3,5,7,9,11H,2,4,6,8,16H2,(H,17,19)(H,18,20)/t11-/m0/s1. The predicted octanol–water partition coefficient (Wildman–Crippen LogP) is 2.59. The molecule has 2 heterocycles. The molecule has 0 unspecified atom stereocenters. The van der Waals surface area contributed by atoms with E-state index >= 15 is 0 Å². The first-order valence-corrected chi connectivity index (χ1v) is 6.94. The summed E-state index contributed by atoms with van der Waals surface area (Å²) in [6.07, 6.45) is 4.90. The molecule has 1 aromatic carbocycles. The molecule has 1 aliphatic rings. The van der Waals surface area contributed by atoms with E-state index in [1.54, 1.807) is 6.20 Å². The molecule has 1 amide bonds. The molecule has 0 saturated carbocycles. The van der Waals surface area contributed by atoms with Gasteiger partial charge in [-0.3, -0.25) is 4.79 Å². The van der Waals surface area contributed by atoms with Crippen molar-refractivity contribution in [3.63, 3.8) is 0 Å². The second-order valence-electron chi connectivity index (χ2n) is 5.13. The lowest BCUT2D eigenvalue weighted by atomic mass is 10.1. The molecule has 104 valence electrons. The van der Waals surface area contributed by atoms with Crippen LogP contribution < -0.4 is 11.1 Å². The van der Waals surface area contributed by atoms with Crippen LogP contribution in [-0.2, 0) is 4.79 Å². The number of anilines is 1. The molecule has 2 bridgehead atoms. The van der Waals surface area contributed by atoms with Crippen LogP contribution >= 0.6 is 0 Å². The number of nitrogens with zero attached hydrogens (tertiary/aromatic N) is 1. The lowest BCUT2D eigenvalue weighted by Gasteiger charge is -2.12. The highest BCUT2D eigenvalue weighted by Crippen LogP contribution is 2.28. The second-order valence-corrected chi connectivity index (χ2v) is 5.13. The highest BCUT2D eigenvalue weighted by atomic mass is 16.1. The Morgan fingerprint density at radius 1 is 1.25 bits per heavy atom. The van der Waals surface area contributed by atoms with Gasteiger partial charge in [-0.15, -0.1) is 0 Å². The van der Waals surface area contributed by atoms with Crippen molar-refractivity contribution < 1.29 is 4.79 Å². The lowest BCUT2D eigenvalue weighted by Crippen LogP contribution is -2.15. The monoisotopic (exact) mass is 270 g/mol. The number of carbonyl (C=O) groups excluding carboxylic acids is 1. The number of H-pyrrole nitrogens is 1. The molecular weight excluding hydrogens is 252 g/mol. The van der Waals surface area contributed by atoms with Gasteiger partial charge >= 0.3 is 0 Å². The van der Waals surface area contributed by atoms with Gasteiger partial charge in [0.25, 0.3) is 0 Å². The van der Waals surface area contributed by atoms with Crippen LogP contribution in [0.15, 0.2) is 30.5 Å². The van der Waals surface area contributed by atoms with Crippen LogP contribution in [0.3, 0.4) is 0 Å². The molecule has 5 heteroatoms. The first-order valence-electron chi connectivity index (χ1n) is 6.94. The summed E-state index contributed by atoms with van der Waals surface area (Å²) >= 11 is 0. The zero-order valence-electron chi connectivity index (χ0n) is 11.2. The molecule has 4 N–H and O–H groups in total. The Kier molecular flexibility index (Phi) is 3.52.